The zero-order valence-corrected chi connectivity index (χ0v) is 11.8. The number of ether oxygens (including phenoxy) is 1. The Hall–Kier alpha value is -0.590. The van der Waals surface area contributed by atoms with Crippen LogP contribution in [0.5, 0.6) is 0 Å². The summed E-state index contributed by atoms with van der Waals surface area (Å²) >= 11 is 5.11. The van der Waals surface area contributed by atoms with Gasteiger partial charge in [0.15, 0.2) is 5.96 Å². The molecule has 0 bridgehead atoms. The van der Waals surface area contributed by atoms with E-state index >= 15 is 0 Å². The molecule has 0 saturated heterocycles. The second-order valence-corrected chi connectivity index (χ2v) is 5.25. The number of thiophene rings is 1. The van der Waals surface area contributed by atoms with E-state index in [1.165, 1.54) is 4.88 Å². The Morgan fingerprint density at radius 1 is 1.75 bits per heavy atom. The maximum absolute atomic E-state index is 5.74. The number of nitrogens with zero attached hydrogens (tertiary/aromatic N) is 1. The van der Waals surface area contributed by atoms with E-state index in [4.69, 9.17) is 10.5 Å². The molecule has 4 nitrogen and oxygen atoms in total. The van der Waals surface area contributed by atoms with E-state index in [9.17, 15) is 0 Å². The molecule has 0 aliphatic heterocycles. The van der Waals surface area contributed by atoms with Gasteiger partial charge in [0, 0.05) is 22.5 Å². The highest BCUT2D eigenvalue weighted by atomic mass is 79.9. The molecule has 0 saturated carbocycles. The molecule has 0 spiro atoms. The minimum atomic E-state index is 0.167. The van der Waals surface area contributed by atoms with Crippen molar-refractivity contribution >= 4 is 33.2 Å². The smallest absolute Gasteiger partial charge is 0.189 e. The Labute approximate surface area is 108 Å². The number of aliphatic imine (C=N–C) groups is 1. The molecule has 0 amide bonds. The van der Waals surface area contributed by atoms with Gasteiger partial charge in [-0.15, -0.1) is 11.3 Å². The number of hydrogen-bond donors (Lipinski definition) is 2. The Morgan fingerprint density at radius 3 is 3.06 bits per heavy atom. The zero-order chi connectivity index (χ0) is 12.0. The number of methoxy groups -OCH3 is 1. The minimum Gasteiger partial charge on any atom is -0.383 e. The van der Waals surface area contributed by atoms with Crippen LogP contribution in [0, 0.1) is 0 Å². The van der Waals surface area contributed by atoms with Crippen LogP contribution in [0.4, 0.5) is 0 Å². The van der Waals surface area contributed by atoms with E-state index in [1.54, 1.807) is 18.4 Å². The molecule has 0 aromatic carbocycles. The van der Waals surface area contributed by atoms with Crippen molar-refractivity contribution in [2.45, 2.75) is 19.5 Å². The fourth-order valence-electron chi connectivity index (χ4n) is 1.18. The van der Waals surface area contributed by atoms with Gasteiger partial charge in [0.2, 0.25) is 0 Å². The van der Waals surface area contributed by atoms with Crippen LogP contribution in [0.25, 0.3) is 0 Å². The fraction of sp³-hybridized carbons (Fsp3) is 0.500. The lowest BCUT2D eigenvalue weighted by molar-refractivity contribution is 0.179. The topological polar surface area (TPSA) is 59.6 Å². The first-order chi connectivity index (χ1) is 7.63. The molecule has 0 radical (unpaired) electrons. The predicted molar refractivity (Wildman–Crippen MR) is 71.8 cm³/mol. The molecule has 90 valence electrons. The molecule has 1 unspecified atom stereocenters. The van der Waals surface area contributed by atoms with Crippen molar-refractivity contribution in [2.24, 2.45) is 10.7 Å². The van der Waals surface area contributed by atoms with Crippen molar-refractivity contribution in [2.75, 3.05) is 13.7 Å². The van der Waals surface area contributed by atoms with Gasteiger partial charge in [-0.1, -0.05) is 0 Å². The van der Waals surface area contributed by atoms with Crippen molar-refractivity contribution in [1.29, 1.82) is 0 Å². The second-order valence-electron chi connectivity index (χ2n) is 3.39. The van der Waals surface area contributed by atoms with Gasteiger partial charge in [-0.05, 0) is 34.3 Å². The summed E-state index contributed by atoms with van der Waals surface area (Å²) in [4.78, 5) is 5.43. The molecule has 6 heteroatoms. The highest BCUT2D eigenvalue weighted by Gasteiger charge is 2.03. The van der Waals surface area contributed by atoms with Gasteiger partial charge in [-0.3, -0.25) is 0 Å². The molecule has 16 heavy (non-hydrogen) atoms. The van der Waals surface area contributed by atoms with Crippen LogP contribution in [-0.2, 0) is 11.3 Å². The first-order valence-corrected chi connectivity index (χ1v) is 6.58. The highest BCUT2D eigenvalue weighted by molar-refractivity contribution is 9.10. The first kappa shape index (κ1) is 13.5. The molecule has 3 N–H and O–H groups in total. The van der Waals surface area contributed by atoms with Crippen LogP contribution in [-0.4, -0.2) is 25.7 Å². The highest BCUT2D eigenvalue weighted by Crippen LogP contribution is 2.23. The molecule has 1 rings (SSSR count). The second kappa shape index (κ2) is 6.88. The number of guanidine groups is 1. The number of hydrogen-bond acceptors (Lipinski definition) is 3. The van der Waals surface area contributed by atoms with E-state index in [0.29, 0.717) is 19.1 Å². The third kappa shape index (κ3) is 4.51. The molecular weight excluding hydrogens is 290 g/mol. The van der Waals surface area contributed by atoms with Gasteiger partial charge in [0.1, 0.15) is 0 Å². The third-order valence-corrected chi connectivity index (χ3v) is 3.81. The Bertz CT molecular complexity index is 354. The molecule has 1 atom stereocenters. The van der Waals surface area contributed by atoms with Crippen molar-refractivity contribution in [1.82, 2.24) is 5.32 Å². The SMILES string of the molecule is COCC(C)NC(N)=NCc1sccc1Br. The Balaban J connectivity index is 2.42. The number of rotatable bonds is 5. The van der Waals surface area contributed by atoms with Crippen molar-refractivity contribution in [3.8, 4) is 0 Å². The van der Waals surface area contributed by atoms with Crippen molar-refractivity contribution in [3.63, 3.8) is 0 Å². The van der Waals surface area contributed by atoms with Gasteiger partial charge < -0.3 is 15.8 Å². The van der Waals surface area contributed by atoms with Crippen LogP contribution < -0.4 is 11.1 Å². The zero-order valence-electron chi connectivity index (χ0n) is 9.37. The normalized spacial score (nSPS) is 13.8. The quantitative estimate of drug-likeness (QED) is 0.646. The van der Waals surface area contributed by atoms with Crippen LogP contribution in [0.15, 0.2) is 20.9 Å². The summed E-state index contributed by atoms with van der Waals surface area (Å²) in [5.41, 5.74) is 5.74. The van der Waals surface area contributed by atoms with Gasteiger partial charge >= 0.3 is 0 Å². The van der Waals surface area contributed by atoms with Gasteiger partial charge in [0.05, 0.1) is 13.2 Å². The number of nitrogens with one attached hydrogen (secondary N) is 1. The maximum atomic E-state index is 5.74. The van der Waals surface area contributed by atoms with E-state index in [0.717, 1.165) is 4.47 Å². The lowest BCUT2D eigenvalue weighted by Crippen LogP contribution is -2.40. The summed E-state index contributed by atoms with van der Waals surface area (Å²) in [6.07, 6.45) is 0. The van der Waals surface area contributed by atoms with E-state index < -0.39 is 0 Å². The van der Waals surface area contributed by atoms with Crippen LogP contribution >= 0.6 is 27.3 Å². The van der Waals surface area contributed by atoms with Crippen LogP contribution in [0.3, 0.4) is 0 Å². The lowest BCUT2D eigenvalue weighted by Gasteiger charge is -2.12. The summed E-state index contributed by atoms with van der Waals surface area (Å²) in [7, 11) is 1.66. The maximum Gasteiger partial charge on any atom is 0.189 e. The molecule has 0 fully saturated rings. The average molecular weight is 306 g/mol. The predicted octanol–water partition coefficient (Wildman–Crippen LogP) is 1.95. The summed E-state index contributed by atoms with van der Waals surface area (Å²) < 4.78 is 6.08. The minimum absolute atomic E-state index is 0.167. The van der Waals surface area contributed by atoms with Crippen molar-refractivity contribution in [3.05, 3.63) is 20.8 Å². The monoisotopic (exact) mass is 305 g/mol. The van der Waals surface area contributed by atoms with Crippen molar-refractivity contribution < 1.29 is 4.74 Å². The fourth-order valence-corrected chi connectivity index (χ4v) is 2.59. The third-order valence-electron chi connectivity index (χ3n) is 1.90. The molecule has 1 heterocycles. The number of halogens is 1. The van der Waals surface area contributed by atoms with Gasteiger partial charge in [-0.25, -0.2) is 4.99 Å². The molecule has 0 aliphatic carbocycles. The molecular formula is C10H16BrN3OS. The summed E-state index contributed by atoms with van der Waals surface area (Å²) in [6, 6.07) is 2.17. The standard InChI is InChI=1S/C10H16BrN3OS/c1-7(6-15-2)14-10(12)13-5-9-8(11)3-4-16-9/h3-4,7H,5-6H2,1-2H3,(H3,12,13,14). The lowest BCUT2D eigenvalue weighted by atomic mass is 10.4. The summed E-state index contributed by atoms with van der Waals surface area (Å²) in [5.74, 6) is 0.449. The largest absolute Gasteiger partial charge is 0.383 e. The summed E-state index contributed by atoms with van der Waals surface area (Å²) in [6.45, 7) is 3.20. The van der Waals surface area contributed by atoms with Crippen LogP contribution in [0.2, 0.25) is 0 Å². The van der Waals surface area contributed by atoms with E-state index in [1.807, 2.05) is 18.4 Å². The Morgan fingerprint density at radius 2 is 2.50 bits per heavy atom. The van der Waals surface area contributed by atoms with Crippen LogP contribution in [0.1, 0.15) is 11.8 Å². The first-order valence-electron chi connectivity index (χ1n) is 4.90. The van der Waals surface area contributed by atoms with Gasteiger partial charge in [-0.2, -0.15) is 0 Å². The Kier molecular flexibility index (Phi) is 5.79. The average Bonchev–Trinajstić information content (AvgIpc) is 2.61. The number of nitrogens with two attached hydrogens (primary N) is 1. The van der Waals surface area contributed by atoms with E-state index in [-0.39, 0.29) is 6.04 Å². The summed E-state index contributed by atoms with van der Waals surface area (Å²) in [5, 5.41) is 5.07. The van der Waals surface area contributed by atoms with E-state index in [2.05, 4.69) is 26.2 Å². The molecule has 1 aromatic rings. The molecule has 1 aromatic heterocycles. The van der Waals surface area contributed by atoms with Gasteiger partial charge in [0.25, 0.3) is 0 Å². The molecule has 0 aliphatic rings.